The second-order valence-corrected chi connectivity index (χ2v) is 4.79. The first-order valence-electron chi connectivity index (χ1n) is 6.75. The number of likely N-dealkylation sites (N-methyl/N-ethyl adjacent to an activating group) is 1. The fourth-order valence-electron chi connectivity index (χ4n) is 2.36. The van der Waals surface area contributed by atoms with Crippen LogP contribution < -0.4 is 10.1 Å². The van der Waals surface area contributed by atoms with Gasteiger partial charge in [0.1, 0.15) is 0 Å². The highest BCUT2D eigenvalue weighted by Crippen LogP contribution is 2.17. The number of rotatable bonds is 6. The molecule has 0 aliphatic carbocycles. The third kappa shape index (κ3) is 3.91. The van der Waals surface area contributed by atoms with E-state index >= 15 is 0 Å². The molecule has 0 spiro atoms. The molecule has 106 valence electrons. The van der Waals surface area contributed by atoms with Gasteiger partial charge in [-0.25, -0.2) is 0 Å². The van der Waals surface area contributed by atoms with Crippen molar-refractivity contribution in [3.8, 4) is 6.01 Å². The maximum Gasteiger partial charge on any atom is 0.322 e. The minimum Gasteiger partial charge on any atom is -0.464 e. The van der Waals surface area contributed by atoms with E-state index in [9.17, 15) is 0 Å². The third-order valence-corrected chi connectivity index (χ3v) is 3.43. The average molecular weight is 286 g/mol. The molecule has 1 saturated heterocycles. The van der Waals surface area contributed by atoms with Crippen molar-refractivity contribution in [1.82, 2.24) is 19.9 Å². The van der Waals surface area contributed by atoms with Crippen LogP contribution in [0.15, 0.2) is 0 Å². The van der Waals surface area contributed by atoms with Crippen molar-refractivity contribution in [1.29, 1.82) is 0 Å². The Morgan fingerprint density at radius 1 is 1.37 bits per heavy atom. The van der Waals surface area contributed by atoms with Crippen molar-refractivity contribution < 1.29 is 4.74 Å². The Morgan fingerprint density at radius 2 is 2.21 bits per heavy atom. The van der Waals surface area contributed by atoms with Crippen LogP contribution in [0.4, 0.5) is 5.95 Å². The van der Waals surface area contributed by atoms with Crippen LogP contribution in [0.1, 0.15) is 26.7 Å². The summed E-state index contributed by atoms with van der Waals surface area (Å²) in [6.07, 6.45) is 2.46. The van der Waals surface area contributed by atoms with Gasteiger partial charge in [-0.1, -0.05) is 6.92 Å². The maximum atomic E-state index is 5.84. The second-order valence-electron chi connectivity index (χ2n) is 4.45. The number of ether oxygens (including phenoxy) is 1. The zero-order chi connectivity index (χ0) is 13.7. The van der Waals surface area contributed by atoms with Crippen LogP contribution in [-0.2, 0) is 0 Å². The average Bonchev–Trinajstić information content (AvgIpc) is 2.83. The van der Waals surface area contributed by atoms with Gasteiger partial charge in [0.15, 0.2) is 0 Å². The van der Waals surface area contributed by atoms with Gasteiger partial charge in [0.2, 0.25) is 11.2 Å². The second kappa shape index (κ2) is 6.86. The lowest BCUT2D eigenvalue weighted by Crippen LogP contribution is -2.35. The van der Waals surface area contributed by atoms with Gasteiger partial charge in [-0.15, -0.1) is 0 Å². The molecule has 1 unspecified atom stereocenters. The van der Waals surface area contributed by atoms with Crippen molar-refractivity contribution in [2.75, 3.05) is 31.6 Å². The number of likely N-dealkylation sites (tertiary alicyclic amines) is 1. The minimum atomic E-state index is 0.153. The molecule has 1 aliphatic rings. The summed E-state index contributed by atoms with van der Waals surface area (Å²) in [5.41, 5.74) is 0. The molecule has 7 heteroatoms. The summed E-state index contributed by atoms with van der Waals surface area (Å²) in [6, 6.07) is 0.805. The molecule has 2 heterocycles. The summed E-state index contributed by atoms with van der Waals surface area (Å²) in [4.78, 5) is 14.6. The lowest BCUT2D eigenvalue weighted by atomic mass is 10.2. The Balaban J connectivity index is 1.95. The SMILES string of the molecule is CCOc1nc(Cl)nc(NCC2CCCN2CC)n1. The highest BCUT2D eigenvalue weighted by atomic mass is 35.5. The Bertz CT molecular complexity index is 417. The van der Waals surface area contributed by atoms with Gasteiger partial charge >= 0.3 is 6.01 Å². The number of nitrogens with zero attached hydrogens (tertiary/aromatic N) is 4. The fourth-order valence-corrected chi connectivity index (χ4v) is 2.51. The molecular formula is C12H20ClN5O. The number of hydrogen-bond acceptors (Lipinski definition) is 6. The maximum absolute atomic E-state index is 5.84. The Labute approximate surface area is 118 Å². The molecule has 1 aliphatic heterocycles. The molecule has 1 N–H and O–H groups in total. The van der Waals surface area contributed by atoms with Crippen molar-refractivity contribution in [3.05, 3.63) is 5.28 Å². The molecule has 0 saturated carbocycles. The van der Waals surface area contributed by atoms with E-state index in [0.29, 0.717) is 18.6 Å². The smallest absolute Gasteiger partial charge is 0.322 e. The monoisotopic (exact) mass is 285 g/mol. The van der Waals surface area contributed by atoms with E-state index in [4.69, 9.17) is 16.3 Å². The largest absolute Gasteiger partial charge is 0.464 e. The summed E-state index contributed by atoms with van der Waals surface area (Å²) >= 11 is 5.84. The summed E-state index contributed by atoms with van der Waals surface area (Å²) in [6.45, 7) is 7.64. The van der Waals surface area contributed by atoms with Gasteiger partial charge in [-0.2, -0.15) is 15.0 Å². The predicted octanol–water partition coefficient (Wildman–Crippen LogP) is 1.82. The first kappa shape index (κ1) is 14.3. The van der Waals surface area contributed by atoms with Gasteiger partial charge in [-0.3, -0.25) is 4.90 Å². The van der Waals surface area contributed by atoms with E-state index in [2.05, 4.69) is 32.1 Å². The van der Waals surface area contributed by atoms with E-state index in [1.807, 2.05) is 6.92 Å². The topological polar surface area (TPSA) is 63.2 Å². The zero-order valence-corrected chi connectivity index (χ0v) is 12.2. The standard InChI is InChI=1S/C12H20ClN5O/c1-3-18-7-5-6-9(18)8-14-11-15-10(13)16-12(17-11)19-4-2/h9H,3-8H2,1-2H3,(H,14,15,16,17). The van der Waals surface area contributed by atoms with Crippen molar-refractivity contribution in [3.63, 3.8) is 0 Å². The van der Waals surface area contributed by atoms with Gasteiger partial charge in [-0.05, 0) is 44.5 Å². The summed E-state index contributed by atoms with van der Waals surface area (Å²) in [7, 11) is 0. The predicted molar refractivity (Wildman–Crippen MR) is 74.8 cm³/mol. The Kier molecular flexibility index (Phi) is 5.15. The Morgan fingerprint density at radius 3 is 2.95 bits per heavy atom. The third-order valence-electron chi connectivity index (χ3n) is 3.26. The number of halogens is 1. The summed E-state index contributed by atoms with van der Waals surface area (Å²) < 4.78 is 5.24. The van der Waals surface area contributed by atoms with E-state index in [-0.39, 0.29) is 11.3 Å². The molecule has 2 rings (SSSR count). The van der Waals surface area contributed by atoms with Crippen LogP contribution in [0.5, 0.6) is 6.01 Å². The quantitative estimate of drug-likeness (QED) is 0.860. The van der Waals surface area contributed by atoms with Crippen molar-refractivity contribution in [2.24, 2.45) is 0 Å². The lowest BCUT2D eigenvalue weighted by molar-refractivity contribution is 0.276. The van der Waals surface area contributed by atoms with Crippen molar-refractivity contribution in [2.45, 2.75) is 32.7 Å². The van der Waals surface area contributed by atoms with E-state index < -0.39 is 0 Å². The molecule has 0 radical (unpaired) electrons. The lowest BCUT2D eigenvalue weighted by Gasteiger charge is -2.22. The molecular weight excluding hydrogens is 266 g/mol. The molecule has 19 heavy (non-hydrogen) atoms. The van der Waals surface area contributed by atoms with E-state index in [1.54, 1.807) is 0 Å². The molecule has 0 bridgehead atoms. The zero-order valence-electron chi connectivity index (χ0n) is 11.4. The molecule has 1 atom stereocenters. The van der Waals surface area contributed by atoms with Gasteiger partial charge < -0.3 is 10.1 Å². The normalized spacial score (nSPS) is 19.6. The first-order valence-corrected chi connectivity index (χ1v) is 7.13. The van der Waals surface area contributed by atoms with E-state index in [1.165, 1.54) is 19.4 Å². The van der Waals surface area contributed by atoms with Crippen LogP contribution in [-0.4, -0.2) is 52.1 Å². The molecule has 1 aromatic rings. The van der Waals surface area contributed by atoms with Gasteiger partial charge in [0, 0.05) is 12.6 Å². The van der Waals surface area contributed by atoms with Crippen LogP contribution in [0.3, 0.4) is 0 Å². The fraction of sp³-hybridized carbons (Fsp3) is 0.750. The van der Waals surface area contributed by atoms with Crippen LogP contribution in [0.25, 0.3) is 0 Å². The highest BCUT2D eigenvalue weighted by molar-refractivity contribution is 6.28. The first-order chi connectivity index (χ1) is 9.22. The summed E-state index contributed by atoms with van der Waals surface area (Å²) in [5.74, 6) is 0.478. The van der Waals surface area contributed by atoms with E-state index in [0.717, 1.165) is 13.1 Å². The van der Waals surface area contributed by atoms with Crippen LogP contribution in [0.2, 0.25) is 5.28 Å². The van der Waals surface area contributed by atoms with Crippen LogP contribution in [0, 0.1) is 0 Å². The molecule has 1 aromatic heterocycles. The molecule has 0 aromatic carbocycles. The number of hydrogen-bond donors (Lipinski definition) is 1. The summed E-state index contributed by atoms with van der Waals surface area (Å²) in [5, 5.41) is 3.37. The van der Waals surface area contributed by atoms with Gasteiger partial charge in [0.25, 0.3) is 0 Å². The van der Waals surface area contributed by atoms with Gasteiger partial charge in [0.05, 0.1) is 6.61 Å². The van der Waals surface area contributed by atoms with Crippen LogP contribution >= 0.6 is 11.6 Å². The van der Waals surface area contributed by atoms with Crippen molar-refractivity contribution >= 4 is 17.5 Å². The number of nitrogens with one attached hydrogen (secondary N) is 1. The number of anilines is 1. The Hall–Kier alpha value is -1.14. The highest BCUT2D eigenvalue weighted by Gasteiger charge is 2.22. The molecule has 6 nitrogen and oxygen atoms in total. The minimum absolute atomic E-state index is 0.153. The number of aromatic nitrogens is 3. The molecule has 0 amide bonds. The molecule has 1 fully saturated rings.